The van der Waals surface area contributed by atoms with Gasteiger partial charge >= 0.3 is 0 Å². The Morgan fingerprint density at radius 3 is 2.08 bits per heavy atom. The first-order valence-corrected chi connectivity index (χ1v) is 13.7. The molecule has 192 valence electrons. The molecule has 0 saturated carbocycles. The number of fused-ring (bicyclic) bond motifs is 3. The van der Waals surface area contributed by atoms with Crippen molar-refractivity contribution in [3.63, 3.8) is 0 Å². The zero-order valence-electron chi connectivity index (χ0n) is 22.1. The van der Waals surface area contributed by atoms with Gasteiger partial charge in [0.15, 0.2) is 5.78 Å². The van der Waals surface area contributed by atoms with E-state index in [1.807, 2.05) is 36.4 Å². The second-order valence-corrected chi connectivity index (χ2v) is 10.9. The van der Waals surface area contributed by atoms with E-state index in [1.165, 1.54) is 11.3 Å². The average molecular weight is 510 g/mol. The Morgan fingerprint density at radius 1 is 0.795 bits per heavy atom. The zero-order valence-corrected chi connectivity index (χ0v) is 22.1. The van der Waals surface area contributed by atoms with Crippen molar-refractivity contribution in [2.75, 3.05) is 25.2 Å². The van der Waals surface area contributed by atoms with E-state index in [0.717, 1.165) is 34.3 Å². The fraction of sp³-hybridized carbons (Fsp3) is 0.194. The molecule has 2 spiro atoms. The number of rotatable bonds is 4. The van der Waals surface area contributed by atoms with Crippen molar-refractivity contribution in [3.8, 4) is 0 Å². The molecule has 0 aromatic heterocycles. The maximum absolute atomic E-state index is 14.9. The Kier molecular flexibility index (Phi) is 5.64. The van der Waals surface area contributed by atoms with Crippen molar-refractivity contribution in [1.29, 1.82) is 0 Å². The summed E-state index contributed by atoms with van der Waals surface area (Å²) in [6, 6.07) is 39.5. The Labute approximate surface area is 230 Å². The number of nitrogens with zero attached hydrogens (tertiary/aromatic N) is 1. The van der Waals surface area contributed by atoms with Crippen molar-refractivity contribution in [2.45, 2.75) is 17.4 Å². The highest BCUT2D eigenvalue weighted by atomic mass is 16.5. The van der Waals surface area contributed by atoms with Crippen LogP contribution in [-0.4, -0.2) is 31.6 Å². The molecule has 1 fully saturated rings. The van der Waals surface area contributed by atoms with Crippen LogP contribution in [0, 0.1) is 5.92 Å². The summed E-state index contributed by atoms with van der Waals surface area (Å²) in [7, 11) is 2.17. The smallest absolute Gasteiger partial charge is 0.173 e. The summed E-state index contributed by atoms with van der Waals surface area (Å²) in [6.07, 6.45) is 5.50. The van der Waals surface area contributed by atoms with Crippen molar-refractivity contribution in [1.82, 2.24) is 0 Å². The molecule has 2 heterocycles. The van der Waals surface area contributed by atoms with Gasteiger partial charge in [0.1, 0.15) is 0 Å². The first-order chi connectivity index (χ1) is 19.2. The third kappa shape index (κ3) is 3.43. The van der Waals surface area contributed by atoms with Crippen LogP contribution in [0.5, 0.6) is 0 Å². The number of anilines is 1. The number of benzene rings is 4. The molecule has 0 bridgehead atoms. The Morgan fingerprint density at radius 2 is 1.41 bits per heavy atom. The Bertz CT molecular complexity index is 1580. The predicted octanol–water partition coefficient (Wildman–Crippen LogP) is 7.21. The van der Waals surface area contributed by atoms with E-state index in [9.17, 15) is 4.79 Å². The van der Waals surface area contributed by atoms with Gasteiger partial charge in [0.05, 0.1) is 23.5 Å². The molecule has 1 saturated heterocycles. The molecule has 3 nitrogen and oxygen atoms in total. The van der Waals surface area contributed by atoms with Gasteiger partial charge < -0.3 is 9.64 Å². The number of hydrogen-bond acceptors (Lipinski definition) is 3. The molecule has 0 amide bonds. The summed E-state index contributed by atoms with van der Waals surface area (Å²) < 4.78 is 6.24. The van der Waals surface area contributed by atoms with Gasteiger partial charge in [-0.1, -0.05) is 109 Å². The number of ketones is 1. The number of allylic oxidation sites excluding steroid dienone is 2. The van der Waals surface area contributed by atoms with Gasteiger partial charge in [0, 0.05) is 24.9 Å². The SMILES string of the molecule is CN1c2ccccc2C2(CCOC2)[C@@]12C=C(c1ccccc1)C=C(c1ccccc1)[C@H]2C(=O)c1ccccc1. The lowest BCUT2D eigenvalue weighted by Gasteiger charge is -2.52. The number of hydrogen-bond donors (Lipinski definition) is 0. The standard InChI is InChI=1S/C36H31NO2/c1-37-32-20-12-11-19-31(32)35(21-22-39-25-35)36(37)24-29(26-13-5-2-6-14-26)23-30(27-15-7-3-8-16-27)33(36)34(38)28-17-9-4-10-18-28/h2-20,23-24,33H,21-22,25H2,1H3/t33-,35?,36-/m0/s1. The number of carbonyl (C=O) groups is 1. The van der Waals surface area contributed by atoms with E-state index < -0.39 is 11.5 Å². The van der Waals surface area contributed by atoms with Gasteiger partial charge in [-0.15, -0.1) is 0 Å². The molecular weight excluding hydrogens is 478 g/mol. The van der Waals surface area contributed by atoms with E-state index >= 15 is 0 Å². The van der Waals surface area contributed by atoms with Crippen LogP contribution in [0.3, 0.4) is 0 Å². The van der Waals surface area contributed by atoms with E-state index in [0.29, 0.717) is 13.2 Å². The number of ether oxygens (including phenoxy) is 1. The second-order valence-electron chi connectivity index (χ2n) is 10.9. The van der Waals surface area contributed by atoms with E-state index in [2.05, 4.69) is 103 Å². The maximum Gasteiger partial charge on any atom is 0.173 e. The summed E-state index contributed by atoms with van der Waals surface area (Å²) in [5, 5.41) is 0. The van der Waals surface area contributed by atoms with Crippen LogP contribution in [0.4, 0.5) is 5.69 Å². The maximum atomic E-state index is 14.9. The largest absolute Gasteiger partial charge is 0.380 e. The highest BCUT2D eigenvalue weighted by Gasteiger charge is 2.67. The molecule has 4 aromatic carbocycles. The third-order valence-electron chi connectivity index (χ3n) is 9.10. The minimum atomic E-state index is -0.661. The number of carbonyl (C=O) groups excluding carboxylic acids is 1. The monoisotopic (exact) mass is 509 g/mol. The number of likely N-dealkylation sites (N-methyl/N-ethyl adjacent to an activating group) is 1. The first-order valence-electron chi connectivity index (χ1n) is 13.7. The summed E-state index contributed by atoms with van der Waals surface area (Å²) >= 11 is 0. The van der Waals surface area contributed by atoms with Gasteiger partial charge in [0.2, 0.25) is 0 Å². The molecule has 3 atom stereocenters. The minimum Gasteiger partial charge on any atom is -0.380 e. The molecule has 39 heavy (non-hydrogen) atoms. The van der Waals surface area contributed by atoms with Gasteiger partial charge in [-0.05, 0) is 52.5 Å². The van der Waals surface area contributed by atoms with Crippen LogP contribution in [-0.2, 0) is 10.2 Å². The van der Waals surface area contributed by atoms with E-state index in [-0.39, 0.29) is 11.2 Å². The van der Waals surface area contributed by atoms with Crippen molar-refractivity contribution in [2.24, 2.45) is 5.92 Å². The molecular formula is C36H31NO2. The highest BCUT2D eigenvalue weighted by molar-refractivity contribution is 6.10. The molecule has 1 aliphatic carbocycles. The molecule has 0 radical (unpaired) electrons. The fourth-order valence-electron chi connectivity index (χ4n) is 7.34. The molecule has 1 unspecified atom stereocenters. The van der Waals surface area contributed by atoms with Crippen LogP contribution < -0.4 is 4.90 Å². The number of Topliss-reactive ketones (excluding diaryl/α,β-unsaturated/α-hetero) is 1. The van der Waals surface area contributed by atoms with Gasteiger partial charge in [-0.25, -0.2) is 0 Å². The zero-order chi connectivity index (χ0) is 26.5. The lowest BCUT2D eigenvalue weighted by atomic mass is 9.55. The minimum absolute atomic E-state index is 0.139. The van der Waals surface area contributed by atoms with Crippen molar-refractivity contribution in [3.05, 3.63) is 150 Å². The Balaban J connectivity index is 1.57. The lowest BCUT2D eigenvalue weighted by molar-refractivity contribution is 0.0854. The Hall–Kier alpha value is -4.21. The summed E-state index contributed by atoms with van der Waals surface area (Å²) in [4.78, 5) is 17.3. The lowest BCUT2D eigenvalue weighted by Crippen LogP contribution is -2.63. The predicted molar refractivity (Wildman–Crippen MR) is 158 cm³/mol. The van der Waals surface area contributed by atoms with Crippen LogP contribution in [0.15, 0.2) is 127 Å². The molecule has 2 aliphatic heterocycles. The summed E-state index contributed by atoms with van der Waals surface area (Å²) in [5.74, 6) is -0.297. The molecule has 3 heteroatoms. The quantitative estimate of drug-likeness (QED) is 0.272. The molecule has 0 N–H and O–H groups in total. The topological polar surface area (TPSA) is 29.5 Å². The average Bonchev–Trinajstić information content (AvgIpc) is 3.58. The van der Waals surface area contributed by atoms with Crippen LogP contribution in [0.25, 0.3) is 11.1 Å². The third-order valence-corrected chi connectivity index (χ3v) is 9.10. The van der Waals surface area contributed by atoms with Gasteiger partial charge in [-0.3, -0.25) is 4.79 Å². The van der Waals surface area contributed by atoms with E-state index in [4.69, 9.17) is 4.74 Å². The summed E-state index contributed by atoms with van der Waals surface area (Å²) in [5.41, 5.74) is 6.56. The second kappa shape index (κ2) is 9.21. The van der Waals surface area contributed by atoms with Crippen molar-refractivity contribution >= 4 is 22.6 Å². The van der Waals surface area contributed by atoms with Crippen LogP contribution in [0.1, 0.15) is 33.5 Å². The van der Waals surface area contributed by atoms with Crippen molar-refractivity contribution < 1.29 is 9.53 Å². The van der Waals surface area contributed by atoms with Crippen LogP contribution >= 0.6 is 0 Å². The van der Waals surface area contributed by atoms with Gasteiger partial charge in [-0.2, -0.15) is 0 Å². The van der Waals surface area contributed by atoms with Crippen LogP contribution in [0.2, 0.25) is 0 Å². The summed E-state index contributed by atoms with van der Waals surface area (Å²) in [6.45, 7) is 1.25. The molecule has 4 aromatic rings. The molecule has 3 aliphatic rings. The van der Waals surface area contributed by atoms with E-state index in [1.54, 1.807) is 0 Å². The first kappa shape index (κ1) is 23.9. The normalized spacial score (nSPS) is 25.5. The highest BCUT2D eigenvalue weighted by Crippen LogP contribution is 2.63. The molecule has 7 rings (SSSR count). The number of para-hydroxylation sites is 1. The van der Waals surface area contributed by atoms with Gasteiger partial charge in [0.25, 0.3) is 0 Å². The fourth-order valence-corrected chi connectivity index (χ4v) is 7.34.